The number of hydrogen-bond acceptors (Lipinski definition) is 3. The van der Waals surface area contributed by atoms with Crippen LogP contribution in [0.3, 0.4) is 0 Å². The van der Waals surface area contributed by atoms with E-state index in [9.17, 15) is 0 Å². The topological polar surface area (TPSA) is 16.1 Å². The quantitative estimate of drug-likeness (QED) is 0.827. The molecule has 0 unspecified atom stereocenters. The highest BCUT2D eigenvalue weighted by Gasteiger charge is 2.07. The van der Waals surface area contributed by atoms with Crippen molar-refractivity contribution >= 4 is 28.6 Å². The Kier molecular flexibility index (Phi) is 4.02. The number of nitrogens with zero attached hydrogens (tertiary/aromatic N) is 2. The summed E-state index contributed by atoms with van der Waals surface area (Å²) in [5, 5.41) is 0. The highest BCUT2D eigenvalue weighted by molar-refractivity contribution is 7.15. The molecule has 0 N–H and O–H groups in total. The standard InChI is InChI=1S/C13H15ClN2S/c1-3-16(9-12-8-15-13(14)17-12)11-6-4-10(2)5-7-11/h4-8H,3,9H2,1-2H3. The second-order valence-electron chi connectivity index (χ2n) is 3.93. The Hall–Kier alpha value is -1.06. The van der Waals surface area contributed by atoms with E-state index in [-0.39, 0.29) is 0 Å². The first-order valence-corrected chi connectivity index (χ1v) is 6.80. The van der Waals surface area contributed by atoms with Gasteiger partial charge in [0.1, 0.15) is 0 Å². The zero-order valence-corrected chi connectivity index (χ0v) is 11.6. The molecule has 0 radical (unpaired) electrons. The Balaban J connectivity index is 2.13. The molecule has 2 aromatic rings. The zero-order valence-electron chi connectivity index (χ0n) is 9.98. The Bertz CT molecular complexity index is 478. The molecule has 1 heterocycles. The van der Waals surface area contributed by atoms with E-state index in [2.05, 4.69) is 48.0 Å². The second kappa shape index (κ2) is 5.52. The van der Waals surface area contributed by atoms with Crippen LogP contribution in [0.2, 0.25) is 4.47 Å². The summed E-state index contributed by atoms with van der Waals surface area (Å²) in [6, 6.07) is 8.58. The van der Waals surface area contributed by atoms with E-state index in [1.807, 2.05) is 6.20 Å². The van der Waals surface area contributed by atoms with Crippen LogP contribution >= 0.6 is 22.9 Å². The molecule has 1 aromatic heterocycles. The summed E-state index contributed by atoms with van der Waals surface area (Å²) in [6.45, 7) is 6.09. The van der Waals surface area contributed by atoms with Crippen LogP contribution in [0.25, 0.3) is 0 Å². The average Bonchev–Trinajstić information content (AvgIpc) is 2.73. The fraction of sp³-hybridized carbons (Fsp3) is 0.308. The third-order valence-corrected chi connectivity index (χ3v) is 3.75. The number of benzene rings is 1. The van der Waals surface area contributed by atoms with Crippen LogP contribution in [0.5, 0.6) is 0 Å². The lowest BCUT2D eigenvalue weighted by molar-refractivity contribution is 0.840. The first-order chi connectivity index (χ1) is 8.19. The van der Waals surface area contributed by atoms with E-state index < -0.39 is 0 Å². The summed E-state index contributed by atoms with van der Waals surface area (Å²) in [5.41, 5.74) is 2.52. The third kappa shape index (κ3) is 3.20. The predicted octanol–water partition coefficient (Wildman–Crippen LogP) is 4.13. The van der Waals surface area contributed by atoms with E-state index in [4.69, 9.17) is 11.6 Å². The molecule has 0 bridgehead atoms. The minimum absolute atomic E-state index is 0.611. The molecular weight excluding hydrogens is 252 g/mol. The van der Waals surface area contributed by atoms with Crippen molar-refractivity contribution in [2.75, 3.05) is 11.4 Å². The van der Waals surface area contributed by atoms with Gasteiger partial charge in [0.15, 0.2) is 4.47 Å². The van der Waals surface area contributed by atoms with Crippen LogP contribution in [0.4, 0.5) is 5.69 Å². The number of aromatic nitrogens is 1. The van der Waals surface area contributed by atoms with Gasteiger partial charge in [-0.25, -0.2) is 4.98 Å². The number of anilines is 1. The normalized spacial score (nSPS) is 10.5. The number of aryl methyl sites for hydroxylation is 1. The number of thiazole rings is 1. The van der Waals surface area contributed by atoms with Gasteiger partial charge in [0, 0.05) is 23.3 Å². The minimum atomic E-state index is 0.611. The lowest BCUT2D eigenvalue weighted by Gasteiger charge is -2.22. The summed E-state index contributed by atoms with van der Waals surface area (Å²) in [7, 11) is 0. The second-order valence-corrected chi connectivity index (χ2v) is 5.63. The van der Waals surface area contributed by atoms with Gasteiger partial charge in [0.2, 0.25) is 0 Å². The van der Waals surface area contributed by atoms with E-state index in [0.717, 1.165) is 13.1 Å². The predicted molar refractivity (Wildman–Crippen MR) is 75.0 cm³/mol. The van der Waals surface area contributed by atoms with E-state index in [0.29, 0.717) is 4.47 Å². The average molecular weight is 267 g/mol. The molecule has 90 valence electrons. The molecule has 0 aliphatic heterocycles. The van der Waals surface area contributed by atoms with Crippen LogP contribution < -0.4 is 4.90 Å². The van der Waals surface area contributed by atoms with Crippen LogP contribution in [0.15, 0.2) is 30.5 Å². The maximum absolute atomic E-state index is 5.84. The lowest BCUT2D eigenvalue weighted by atomic mass is 10.2. The van der Waals surface area contributed by atoms with Gasteiger partial charge >= 0.3 is 0 Å². The van der Waals surface area contributed by atoms with Crippen LogP contribution in [-0.4, -0.2) is 11.5 Å². The molecule has 0 fully saturated rings. The first kappa shape index (κ1) is 12.4. The minimum Gasteiger partial charge on any atom is -0.367 e. The summed E-state index contributed by atoms with van der Waals surface area (Å²) >= 11 is 7.38. The van der Waals surface area contributed by atoms with Gasteiger partial charge in [-0.1, -0.05) is 29.3 Å². The van der Waals surface area contributed by atoms with Crippen LogP contribution in [0, 0.1) is 6.92 Å². The Morgan fingerprint density at radius 3 is 2.53 bits per heavy atom. The fourth-order valence-electron chi connectivity index (χ4n) is 1.69. The van der Waals surface area contributed by atoms with E-state index in [1.54, 1.807) is 11.3 Å². The van der Waals surface area contributed by atoms with Crippen molar-refractivity contribution in [2.45, 2.75) is 20.4 Å². The Labute approximate surface area is 111 Å². The maximum atomic E-state index is 5.84. The maximum Gasteiger partial charge on any atom is 0.183 e. The van der Waals surface area contributed by atoms with Gasteiger partial charge in [0.05, 0.1) is 6.54 Å². The highest BCUT2D eigenvalue weighted by Crippen LogP contribution is 2.22. The molecule has 0 spiro atoms. The Morgan fingerprint density at radius 1 is 1.29 bits per heavy atom. The summed E-state index contributed by atoms with van der Waals surface area (Å²) < 4.78 is 0.611. The number of hydrogen-bond donors (Lipinski definition) is 0. The zero-order chi connectivity index (χ0) is 12.3. The van der Waals surface area contributed by atoms with Crippen molar-refractivity contribution in [3.05, 3.63) is 45.4 Å². The van der Waals surface area contributed by atoms with Crippen LogP contribution in [0.1, 0.15) is 17.4 Å². The van der Waals surface area contributed by atoms with Gasteiger partial charge in [-0.2, -0.15) is 0 Å². The molecule has 17 heavy (non-hydrogen) atoms. The van der Waals surface area contributed by atoms with Crippen molar-refractivity contribution < 1.29 is 0 Å². The SMILES string of the molecule is CCN(Cc1cnc(Cl)s1)c1ccc(C)cc1. The molecule has 4 heteroatoms. The molecule has 2 rings (SSSR count). The van der Waals surface area contributed by atoms with Crippen molar-refractivity contribution in [3.63, 3.8) is 0 Å². The van der Waals surface area contributed by atoms with Crippen molar-refractivity contribution in [1.29, 1.82) is 0 Å². The number of rotatable bonds is 4. The van der Waals surface area contributed by atoms with Gasteiger partial charge in [-0.05, 0) is 26.0 Å². The van der Waals surface area contributed by atoms with Gasteiger partial charge < -0.3 is 4.90 Å². The molecule has 0 saturated carbocycles. The molecule has 2 nitrogen and oxygen atoms in total. The molecule has 0 saturated heterocycles. The first-order valence-electron chi connectivity index (χ1n) is 5.61. The lowest BCUT2D eigenvalue weighted by Crippen LogP contribution is -2.21. The number of halogens is 1. The molecular formula is C13H15ClN2S. The third-order valence-electron chi connectivity index (χ3n) is 2.65. The van der Waals surface area contributed by atoms with Crippen molar-refractivity contribution in [2.24, 2.45) is 0 Å². The molecule has 0 aliphatic rings. The summed E-state index contributed by atoms with van der Waals surface area (Å²) in [5.74, 6) is 0. The van der Waals surface area contributed by atoms with E-state index in [1.165, 1.54) is 16.1 Å². The summed E-state index contributed by atoms with van der Waals surface area (Å²) in [4.78, 5) is 7.57. The largest absolute Gasteiger partial charge is 0.367 e. The van der Waals surface area contributed by atoms with Crippen molar-refractivity contribution in [3.8, 4) is 0 Å². The highest BCUT2D eigenvalue weighted by atomic mass is 35.5. The van der Waals surface area contributed by atoms with E-state index >= 15 is 0 Å². The molecule has 0 atom stereocenters. The fourth-order valence-corrected chi connectivity index (χ4v) is 2.68. The van der Waals surface area contributed by atoms with Gasteiger partial charge in [0.25, 0.3) is 0 Å². The monoisotopic (exact) mass is 266 g/mol. The Morgan fingerprint density at radius 2 is 2.00 bits per heavy atom. The van der Waals surface area contributed by atoms with Crippen molar-refractivity contribution in [1.82, 2.24) is 4.98 Å². The molecule has 0 aliphatic carbocycles. The smallest absolute Gasteiger partial charge is 0.183 e. The molecule has 0 amide bonds. The van der Waals surface area contributed by atoms with Crippen LogP contribution in [-0.2, 0) is 6.54 Å². The molecule has 1 aromatic carbocycles. The van der Waals surface area contributed by atoms with Gasteiger partial charge in [-0.15, -0.1) is 11.3 Å². The van der Waals surface area contributed by atoms with Gasteiger partial charge in [-0.3, -0.25) is 0 Å². The summed E-state index contributed by atoms with van der Waals surface area (Å²) in [6.07, 6.45) is 1.85.